The normalized spacial score (nSPS) is 10.0. The molecule has 0 radical (unpaired) electrons. The molecule has 0 aliphatic heterocycles. The van der Waals surface area contributed by atoms with Gasteiger partial charge in [-0.1, -0.05) is 0 Å². The fraction of sp³-hybridized carbons (Fsp3) is 0.231. The van der Waals surface area contributed by atoms with Crippen LogP contribution < -0.4 is 14.8 Å². The van der Waals surface area contributed by atoms with Crippen molar-refractivity contribution in [2.45, 2.75) is 6.92 Å². The smallest absolute Gasteiger partial charge is 0.273 e. The molecule has 8 heteroatoms. The van der Waals surface area contributed by atoms with Crippen LogP contribution in [0.4, 0.5) is 11.5 Å². The Balaban J connectivity index is 2.38. The van der Waals surface area contributed by atoms with Gasteiger partial charge in [-0.15, -0.1) is 0 Å². The van der Waals surface area contributed by atoms with E-state index in [-0.39, 0.29) is 11.4 Å². The number of aromatic nitrogens is 2. The van der Waals surface area contributed by atoms with Crippen LogP contribution in [-0.2, 0) is 0 Å². The van der Waals surface area contributed by atoms with Crippen molar-refractivity contribution in [3.63, 3.8) is 0 Å². The lowest BCUT2D eigenvalue weighted by Crippen LogP contribution is -2.00. The fourth-order valence-corrected chi connectivity index (χ4v) is 1.75. The summed E-state index contributed by atoms with van der Waals surface area (Å²) in [5.41, 5.74) is 0.648. The van der Waals surface area contributed by atoms with Gasteiger partial charge in [0.25, 0.3) is 5.69 Å². The predicted octanol–water partition coefficient (Wildman–Crippen LogP) is 2.54. The largest absolute Gasteiger partial charge is 0.493 e. The molecular formula is C13H14N4O4. The molecule has 0 atom stereocenters. The standard InChI is InChI=1S/C13H14N4O4/c1-8-12(14-2)15-7-16-13(8)21-10-5-4-9(17(18)19)6-11(10)20-3/h4-7H,1-3H3,(H,14,15,16). The molecule has 0 fully saturated rings. The van der Waals surface area contributed by atoms with Gasteiger partial charge in [-0.2, -0.15) is 0 Å². The number of hydrogen-bond acceptors (Lipinski definition) is 7. The third-order valence-electron chi connectivity index (χ3n) is 2.84. The molecule has 1 aromatic carbocycles. The zero-order chi connectivity index (χ0) is 15.4. The van der Waals surface area contributed by atoms with Gasteiger partial charge in [-0.25, -0.2) is 9.97 Å². The maximum atomic E-state index is 10.8. The third kappa shape index (κ3) is 2.99. The van der Waals surface area contributed by atoms with Crippen molar-refractivity contribution in [3.05, 3.63) is 40.2 Å². The lowest BCUT2D eigenvalue weighted by Gasteiger charge is -2.12. The average Bonchev–Trinajstić information content (AvgIpc) is 2.49. The Bertz CT molecular complexity index is 675. The first-order valence-electron chi connectivity index (χ1n) is 6.06. The van der Waals surface area contributed by atoms with E-state index in [1.807, 2.05) is 0 Å². The van der Waals surface area contributed by atoms with E-state index in [2.05, 4.69) is 15.3 Å². The van der Waals surface area contributed by atoms with Gasteiger partial charge in [-0.3, -0.25) is 10.1 Å². The Morgan fingerprint density at radius 2 is 2.05 bits per heavy atom. The maximum absolute atomic E-state index is 10.8. The van der Waals surface area contributed by atoms with E-state index in [0.717, 1.165) is 5.56 Å². The molecule has 0 bridgehead atoms. The second-order valence-corrected chi connectivity index (χ2v) is 4.10. The number of anilines is 1. The molecule has 0 unspecified atom stereocenters. The number of benzene rings is 1. The van der Waals surface area contributed by atoms with Crippen LogP contribution in [0.5, 0.6) is 17.4 Å². The molecule has 2 aromatic rings. The molecule has 1 heterocycles. The second-order valence-electron chi connectivity index (χ2n) is 4.10. The molecule has 8 nitrogen and oxygen atoms in total. The summed E-state index contributed by atoms with van der Waals surface area (Å²) < 4.78 is 10.8. The van der Waals surface area contributed by atoms with Crippen LogP contribution in [0, 0.1) is 17.0 Å². The Morgan fingerprint density at radius 1 is 1.29 bits per heavy atom. The zero-order valence-corrected chi connectivity index (χ0v) is 11.8. The monoisotopic (exact) mass is 290 g/mol. The summed E-state index contributed by atoms with van der Waals surface area (Å²) in [5.74, 6) is 1.59. The molecule has 0 aliphatic rings. The van der Waals surface area contributed by atoms with Crippen LogP contribution in [0.3, 0.4) is 0 Å². The summed E-state index contributed by atoms with van der Waals surface area (Å²) in [5, 5.41) is 13.7. The summed E-state index contributed by atoms with van der Waals surface area (Å²) in [7, 11) is 3.16. The van der Waals surface area contributed by atoms with E-state index < -0.39 is 4.92 Å². The first kappa shape index (κ1) is 14.5. The van der Waals surface area contributed by atoms with E-state index in [9.17, 15) is 10.1 Å². The summed E-state index contributed by atoms with van der Waals surface area (Å²) in [6, 6.07) is 4.11. The topological polar surface area (TPSA) is 99.4 Å². The average molecular weight is 290 g/mol. The number of nitro groups is 1. The van der Waals surface area contributed by atoms with E-state index in [1.165, 1.54) is 31.6 Å². The summed E-state index contributed by atoms with van der Waals surface area (Å²) >= 11 is 0. The lowest BCUT2D eigenvalue weighted by molar-refractivity contribution is -0.384. The molecule has 1 N–H and O–H groups in total. The van der Waals surface area contributed by atoms with Crippen molar-refractivity contribution in [1.82, 2.24) is 9.97 Å². The van der Waals surface area contributed by atoms with Crippen LogP contribution in [-0.4, -0.2) is 29.0 Å². The van der Waals surface area contributed by atoms with Gasteiger partial charge in [0.2, 0.25) is 5.88 Å². The first-order chi connectivity index (χ1) is 10.1. The number of methoxy groups -OCH3 is 1. The number of non-ortho nitro benzene ring substituents is 1. The Labute approximate surface area is 120 Å². The number of rotatable bonds is 5. The highest BCUT2D eigenvalue weighted by Gasteiger charge is 2.15. The zero-order valence-electron chi connectivity index (χ0n) is 11.8. The van der Waals surface area contributed by atoms with Gasteiger partial charge in [0.05, 0.1) is 23.7 Å². The van der Waals surface area contributed by atoms with E-state index in [1.54, 1.807) is 14.0 Å². The molecule has 0 amide bonds. The molecule has 0 saturated carbocycles. The number of ether oxygens (including phenoxy) is 2. The summed E-state index contributed by atoms with van der Waals surface area (Å²) in [4.78, 5) is 18.4. The number of nitro benzene ring substituents is 1. The summed E-state index contributed by atoms with van der Waals surface area (Å²) in [6.07, 6.45) is 1.37. The van der Waals surface area contributed by atoms with Crippen LogP contribution >= 0.6 is 0 Å². The molecule has 0 saturated heterocycles. The highest BCUT2D eigenvalue weighted by molar-refractivity contribution is 5.52. The summed E-state index contributed by atoms with van der Waals surface area (Å²) in [6.45, 7) is 1.80. The van der Waals surface area contributed by atoms with Gasteiger partial charge in [-0.05, 0) is 13.0 Å². The molecule has 0 aliphatic carbocycles. The Kier molecular flexibility index (Phi) is 4.17. The van der Waals surface area contributed by atoms with Crippen LogP contribution in [0.25, 0.3) is 0 Å². The number of hydrogen-bond donors (Lipinski definition) is 1. The van der Waals surface area contributed by atoms with Crippen molar-refractivity contribution in [1.29, 1.82) is 0 Å². The maximum Gasteiger partial charge on any atom is 0.273 e. The quantitative estimate of drug-likeness (QED) is 0.667. The number of nitrogens with one attached hydrogen (secondary N) is 1. The van der Waals surface area contributed by atoms with E-state index in [4.69, 9.17) is 9.47 Å². The van der Waals surface area contributed by atoms with Gasteiger partial charge in [0.15, 0.2) is 11.5 Å². The van der Waals surface area contributed by atoms with Crippen molar-refractivity contribution in [3.8, 4) is 17.4 Å². The molecular weight excluding hydrogens is 276 g/mol. The van der Waals surface area contributed by atoms with Crippen molar-refractivity contribution in [2.75, 3.05) is 19.5 Å². The van der Waals surface area contributed by atoms with E-state index in [0.29, 0.717) is 17.4 Å². The molecule has 21 heavy (non-hydrogen) atoms. The third-order valence-corrected chi connectivity index (χ3v) is 2.84. The van der Waals surface area contributed by atoms with Gasteiger partial charge < -0.3 is 14.8 Å². The van der Waals surface area contributed by atoms with Crippen LogP contribution in [0.2, 0.25) is 0 Å². The lowest BCUT2D eigenvalue weighted by atomic mass is 10.2. The van der Waals surface area contributed by atoms with Gasteiger partial charge in [0, 0.05) is 13.1 Å². The second kappa shape index (κ2) is 6.04. The Morgan fingerprint density at radius 3 is 2.67 bits per heavy atom. The van der Waals surface area contributed by atoms with Crippen LogP contribution in [0.15, 0.2) is 24.5 Å². The SMILES string of the molecule is CNc1ncnc(Oc2ccc([N+](=O)[O-])cc2OC)c1C. The molecule has 2 rings (SSSR count). The highest BCUT2D eigenvalue weighted by atomic mass is 16.6. The molecule has 1 aromatic heterocycles. The van der Waals surface area contributed by atoms with Crippen LogP contribution in [0.1, 0.15) is 5.56 Å². The first-order valence-corrected chi connectivity index (χ1v) is 6.06. The Hall–Kier alpha value is -2.90. The molecule has 110 valence electrons. The minimum absolute atomic E-state index is 0.0745. The predicted molar refractivity (Wildman–Crippen MR) is 76.0 cm³/mol. The minimum atomic E-state index is -0.499. The van der Waals surface area contributed by atoms with Gasteiger partial charge >= 0.3 is 0 Å². The van der Waals surface area contributed by atoms with Crippen molar-refractivity contribution >= 4 is 11.5 Å². The van der Waals surface area contributed by atoms with Crippen molar-refractivity contribution < 1.29 is 14.4 Å². The van der Waals surface area contributed by atoms with Gasteiger partial charge in [0.1, 0.15) is 12.1 Å². The van der Waals surface area contributed by atoms with Crippen molar-refractivity contribution in [2.24, 2.45) is 0 Å². The number of nitrogens with zero attached hydrogens (tertiary/aromatic N) is 3. The minimum Gasteiger partial charge on any atom is -0.493 e. The fourth-order valence-electron chi connectivity index (χ4n) is 1.75. The van der Waals surface area contributed by atoms with E-state index >= 15 is 0 Å². The highest BCUT2D eigenvalue weighted by Crippen LogP contribution is 2.35. The molecule has 0 spiro atoms.